The van der Waals surface area contributed by atoms with E-state index in [1.54, 1.807) is 31.4 Å². The Morgan fingerprint density at radius 3 is 2.52 bits per heavy atom. The molecule has 2 N–H and O–H groups in total. The van der Waals surface area contributed by atoms with Crippen LogP contribution in [0.2, 0.25) is 0 Å². The third kappa shape index (κ3) is 5.61. The van der Waals surface area contributed by atoms with Gasteiger partial charge >= 0.3 is 0 Å². The van der Waals surface area contributed by atoms with Gasteiger partial charge in [0.2, 0.25) is 11.0 Å². The Morgan fingerprint density at radius 1 is 1.07 bits per heavy atom. The number of aromatic nitrogens is 2. The lowest BCUT2D eigenvalue weighted by Gasteiger charge is -2.08. The first-order valence-electron chi connectivity index (χ1n) is 9.14. The van der Waals surface area contributed by atoms with E-state index in [0.29, 0.717) is 27.8 Å². The summed E-state index contributed by atoms with van der Waals surface area (Å²) in [5.74, 6) is 0.624. The largest absolute Gasteiger partial charge is 0.497 e. The fourth-order valence-corrected chi connectivity index (χ4v) is 3.36. The smallest absolute Gasteiger partial charge is 0.257 e. The molecule has 0 unspecified atom stereocenters. The molecular formula is C21H22N4O3S. The first-order valence-corrected chi connectivity index (χ1v) is 9.95. The number of nitrogens with zero attached hydrogens (tertiary/aromatic N) is 2. The van der Waals surface area contributed by atoms with Crippen molar-refractivity contribution in [1.29, 1.82) is 0 Å². The van der Waals surface area contributed by atoms with Crippen LogP contribution in [0.3, 0.4) is 0 Å². The molecule has 0 aliphatic carbocycles. The summed E-state index contributed by atoms with van der Waals surface area (Å²) in [6, 6.07) is 14.2. The van der Waals surface area contributed by atoms with Gasteiger partial charge in [0.25, 0.3) is 5.91 Å². The van der Waals surface area contributed by atoms with Crippen LogP contribution < -0.4 is 15.4 Å². The summed E-state index contributed by atoms with van der Waals surface area (Å²) >= 11 is 1.28. The molecule has 0 bridgehead atoms. The molecule has 0 saturated carbocycles. The zero-order chi connectivity index (χ0) is 20.8. The van der Waals surface area contributed by atoms with Crippen LogP contribution in [0.25, 0.3) is 10.6 Å². The number of hydrogen-bond acceptors (Lipinski definition) is 6. The predicted molar refractivity (Wildman–Crippen MR) is 114 cm³/mol. The molecule has 0 atom stereocenters. The SMILES string of the molecule is COc1ccc(-c2nnc(NC(=O)c3cccc(NC(=O)CC(C)C)c3)s2)cc1. The maximum atomic E-state index is 12.6. The van der Waals surface area contributed by atoms with Gasteiger partial charge in [0, 0.05) is 23.2 Å². The number of amides is 2. The molecule has 0 spiro atoms. The highest BCUT2D eigenvalue weighted by Gasteiger charge is 2.13. The van der Waals surface area contributed by atoms with E-state index in [1.807, 2.05) is 38.1 Å². The van der Waals surface area contributed by atoms with Crippen molar-refractivity contribution in [3.05, 3.63) is 54.1 Å². The summed E-state index contributed by atoms with van der Waals surface area (Å²) in [5, 5.41) is 14.8. The Hall–Kier alpha value is -3.26. The first-order chi connectivity index (χ1) is 13.9. The van der Waals surface area contributed by atoms with Crippen molar-refractivity contribution >= 4 is 34.0 Å². The summed E-state index contributed by atoms with van der Waals surface area (Å²) in [5.41, 5.74) is 1.90. The van der Waals surface area contributed by atoms with Gasteiger partial charge in [-0.2, -0.15) is 0 Å². The molecule has 3 aromatic rings. The molecule has 0 aliphatic heterocycles. The molecule has 1 aromatic heterocycles. The van der Waals surface area contributed by atoms with E-state index in [1.165, 1.54) is 11.3 Å². The van der Waals surface area contributed by atoms with Gasteiger partial charge in [-0.25, -0.2) is 0 Å². The monoisotopic (exact) mass is 410 g/mol. The number of ether oxygens (including phenoxy) is 1. The van der Waals surface area contributed by atoms with E-state index in [2.05, 4.69) is 20.8 Å². The van der Waals surface area contributed by atoms with Gasteiger partial charge in [0.1, 0.15) is 10.8 Å². The van der Waals surface area contributed by atoms with E-state index in [-0.39, 0.29) is 17.7 Å². The molecular weight excluding hydrogens is 388 g/mol. The van der Waals surface area contributed by atoms with Crippen molar-refractivity contribution in [2.75, 3.05) is 17.7 Å². The molecule has 0 radical (unpaired) electrons. The van der Waals surface area contributed by atoms with Crippen molar-refractivity contribution in [1.82, 2.24) is 10.2 Å². The van der Waals surface area contributed by atoms with Crippen LogP contribution in [-0.2, 0) is 4.79 Å². The summed E-state index contributed by atoms with van der Waals surface area (Å²) < 4.78 is 5.15. The molecule has 29 heavy (non-hydrogen) atoms. The number of carbonyl (C=O) groups excluding carboxylic acids is 2. The maximum absolute atomic E-state index is 12.6. The number of anilines is 2. The molecule has 3 rings (SSSR count). The fourth-order valence-electron chi connectivity index (χ4n) is 2.61. The molecule has 8 heteroatoms. The van der Waals surface area contributed by atoms with Crippen LogP contribution >= 0.6 is 11.3 Å². The lowest BCUT2D eigenvalue weighted by Crippen LogP contribution is -2.15. The number of carbonyl (C=O) groups is 2. The second-order valence-electron chi connectivity index (χ2n) is 6.82. The minimum Gasteiger partial charge on any atom is -0.497 e. The average Bonchev–Trinajstić information content (AvgIpc) is 3.16. The third-order valence-corrected chi connectivity index (χ3v) is 4.87. The van der Waals surface area contributed by atoms with Gasteiger partial charge in [-0.15, -0.1) is 10.2 Å². The number of hydrogen-bond donors (Lipinski definition) is 2. The molecule has 0 aliphatic rings. The van der Waals surface area contributed by atoms with E-state index in [9.17, 15) is 9.59 Å². The van der Waals surface area contributed by atoms with Gasteiger partial charge in [-0.05, 0) is 48.4 Å². The van der Waals surface area contributed by atoms with Gasteiger partial charge in [-0.1, -0.05) is 31.3 Å². The Balaban J connectivity index is 1.66. The van der Waals surface area contributed by atoms with E-state index < -0.39 is 0 Å². The zero-order valence-electron chi connectivity index (χ0n) is 16.4. The minimum atomic E-state index is -0.317. The molecule has 150 valence electrons. The fraction of sp³-hybridized carbons (Fsp3) is 0.238. The van der Waals surface area contributed by atoms with Gasteiger partial charge in [0.15, 0.2) is 0 Å². The topological polar surface area (TPSA) is 93.2 Å². The van der Waals surface area contributed by atoms with Crippen molar-refractivity contribution in [3.63, 3.8) is 0 Å². The lowest BCUT2D eigenvalue weighted by molar-refractivity contribution is -0.116. The zero-order valence-corrected chi connectivity index (χ0v) is 17.2. The van der Waals surface area contributed by atoms with Crippen LogP contribution in [0.1, 0.15) is 30.6 Å². The Labute approximate surface area is 173 Å². The third-order valence-electron chi connectivity index (χ3n) is 3.98. The summed E-state index contributed by atoms with van der Waals surface area (Å²) in [6.45, 7) is 3.96. The Kier molecular flexibility index (Phi) is 6.56. The second kappa shape index (κ2) is 9.29. The van der Waals surface area contributed by atoms with Crippen molar-refractivity contribution in [3.8, 4) is 16.3 Å². The van der Waals surface area contributed by atoms with Crippen LogP contribution in [-0.4, -0.2) is 29.1 Å². The molecule has 7 nitrogen and oxygen atoms in total. The van der Waals surface area contributed by atoms with Crippen LogP contribution in [0.5, 0.6) is 5.75 Å². The van der Waals surface area contributed by atoms with Gasteiger partial charge in [-0.3, -0.25) is 14.9 Å². The maximum Gasteiger partial charge on any atom is 0.257 e. The first kappa shape index (κ1) is 20.5. The normalized spacial score (nSPS) is 10.6. The standard InChI is InChI=1S/C21H22N4O3S/c1-13(2)11-18(26)22-16-6-4-5-15(12-16)19(27)23-21-25-24-20(29-21)14-7-9-17(28-3)10-8-14/h4-10,12-13H,11H2,1-3H3,(H,22,26)(H,23,25,27). The number of methoxy groups -OCH3 is 1. The van der Waals surface area contributed by atoms with Gasteiger partial charge in [0.05, 0.1) is 7.11 Å². The highest BCUT2D eigenvalue weighted by atomic mass is 32.1. The second-order valence-corrected chi connectivity index (χ2v) is 7.80. The van der Waals surface area contributed by atoms with Crippen molar-refractivity contribution < 1.29 is 14.3 Å². The number of rotatable bonds is 7. The number of nitrogens with one attached hydrogen (secondary N) is 2. The van der Waals surface area contributed by atoms with E-state index in [0.717, 1.165) is 11.3 Å². The van der Waals surface area contributed by atoms with Crippen molar-refractivity contribution in [2.24, 2.45) is 5.92 Å². The minimum absolute atomic E-state index is 0.0779. The molecule has 1 heterocycles. The average molecular weight is 410 g/mol. The van der Waals surface area contributed by atoms with Crippen LogP contribution in [0.4, 0.5) is 10.8 Å². The lowest BCUT2D eigenvalue weighted by atomic mass is 10.1. The summed E-state index contributed by atoms with van der Waals surface area (Å²) in [7, 11) is 1.61. The Bertz CT molecular complexity index is 999. The van der Waals surface area contributed by atoms with E-state index in [4.69, 9.17) is 4.74 Å². The Morgan fingerprint density at radius 2 is 1.83 bits per heavy atom. The summed E-state index contributed by atoms with van der Waals surface area (Å²) in [6.07, 6.45) is 0.426. The predicted octanol–water partition coefficient (Wildman–Crippen LogP) is 4.45. The van der Waals surface area contributed by atoms with Crippen LogP contribution in [0.15, 0.2) is 48.5 Å². The highest BCUT2D eigenvalue weighted by Crippen LogP contribution is 2.28. The van der Waals surface area contributed by atoms with Crippen molar-refractivity contribution in [2.45, 2.75) is 20.3 Å². The number of benzene rings is 2. The molecule has 0 saturated heterocycles. The molecule has 0 fully saturated rings. The highest BCUT2D eigenvalue weighted by molar-refractivity contribution is 7.18. The van der Waals surface area contributed by atoms with Gasteiger partial charge < -0.3 is 10.1 Å². The van der Waals surface area contributed by atoms with E-state index >= 15 is 0 Å². The van der Waals surface area contributed by atoms with Crippen LogP contribution in [0, 0.1) is 5.92 Å². The quantitative estimate of drug-likeness (QED) is 0.600. The summed E-state index contributed by atoms with van der Waals surface area (Å²) in [4.78, 5) is 24.5. The molecule has 2 aromatic carbocycles. The molecule has 2 amide bonds.